The molecule has 5 heteroatoms. The lowest BCUT2D eigenvalue weighted by Crippen LogP contribution is -2.31. The van der Waals surface area contributed by atoms with Crippen LogP contribution in [0.1, 0.15) is 5.56 Å². The number of benzene rings is 2. The van der Waals surface area contributed by atoms with Gasteiger partial charge in [0.2, 0.25) is 5.91 Å². The monoisotopic (exact) mass is 321 g/mol. The summed E-state index contributed by atoms with van der Waals surface area (Å²) >= 11 is 6.03. The third-order valence-corrected chi connectivity index (χ3v) is 4.65. The largest absolute Gasteiger partial charge is 0.315 e. The summed E-state index contributed by atoms with van der Waals surface area (Å²) in [7, 11) is 0.404. The molecule has 0 saturated heterocycles. The molecule has 0 radical (unpaired) electrons. The van der Waals surface area contributed by atoms with Crippen LogP contribution >= 0.6 is 11.6 Å². The van der Waals surface area contributed by atoms with Crippen LogP contribution in [0.4, 0.5) is 5.69 Å². The predicted molar refractivity (Wildman–Crippen MR) is 88.0 cm³/mol. The number of halogens is 1. The molecule has 0 aliphatic heterocycles. The number of hydrogen-bond acceptors (Lipinski definition) is 2. The van der Waals surface area contributed by atoms with Gasteiger partial charge in [0.15, 0.2) is 0 Å². The van der Waals surface area contributed by atoms with Crippen LogP contribution in [0.3, 0.4) is 0 Å². The summed E-state index contributed by atoms with van der Waals surface area (Å²) in [5.74, 6) is 0.0941. The highest BCUT2D eigenvalue weighted by Gasteiger charge is 2.15. The van der Waals surface area contributed by atoms with Crippen LogP contribution in [-0.2, 0) is 21.3 Å². The summed E-state index contributed by atoms with van der Waals surface area (Å²) in [6, 6.07) is 16.5. The Kier molecular flexibility index (Phi) is 5.53. The Labute approximate surface area is 132 Å². The molecule has 2 aromatic carbocycles. The molecule has 110 valence electrons. The van der Waals surface area contributed by atoms with Crippen LogP contribution in [0.5, 0.6) is 0 Å². The minimum Gasteiger partial charge on any atom is -0.315 e. The minimum atomic E-state index is -1.28. The van der Waals surface area contributed by atoms with Crippen LogP contribution in [0.15, 0.2) is 54.6 Å². The fourth-order valence-corrected chi connectivity index (χ4v) is 3.32. The number of hydrogen-bond donors (Lipinski definition) is 0. The second-order valence-electron chi connectivity index (χ2n) is 4.61. The first kappa shape index (κ1) is 15.7. The molecular weight excluding hydrogens is 306 g/mol. The molecule has 3 nitrogen and oxygen atoms in total. The number of anilines is 1. The van der Waals surface area contributed by atoms with E-state index in [2.05, 4.69) is 0 Å². The number of amides is 1. The van der Waals surface area contributed by atoms with E-state index >= 15 is 0 Å². The van der Waals surface area contributed by atoms with E-state index in [9.17, 15) is 9.00 Å². The molecule has 0 heterocycles. The van der Waals surface area contributed by atoms with Gasteiger partial charge in [-0.1, -0.05) is 48.0 Å². The number of carbonyl (C=O) groups excluding carboxylic acids is 1. The summed E-state index contributed by atoms with van der Waals surface area (Å²) in [5, 5.41) is 0.578. The fraction of sp³-hybridized carbons (Fsp3) is 0.188. The molecule has 0 bridgehead atoms. The number of para-hydroxylation sites is 1. The highest BCUT2D eigenvalue weighted by molar-refractivity contribution is 7.85. The Morgan fingerprint density at radius 3 is 2.38 bits per heavy atom. The van der Waals surface area contributed by atoms with E-state index in [0.717, 1.165) is 11.3 Å². The van der Waals surface area contributed by atoms with Crippen LogP contribution in [0.2, 0.25) is 5.02 Å². The Hall–Kier alpha value is -1.65. The van der Waals surface area contributed by atoms with E-state index in [4.69, 9.17) is 11.6 Å². The lowest BCUT2D eigenvalue weighted by atomic mass is 10.2. The molecule has 0 saturated carbocycles. The van der Waals surface area contributed by atoms with Gasteiger partial charge in [0.05, 0.1) is 5.75 Å². The molecule has 0 N–H and O–H groups in total. The van der Waals surface area contributed by atoms with Gasteiger partial charge < -0.3 is 4.90 Å². The minimum absolute atomic E-state index is 0.0172. The number of nitrogens with zero attached hydrogens (tertiary/aromatic N) is 1. The van der Waals surface area contributed by atoms with Gasteiger partial charge in [0, 0.05) is 28.6 Å². The maximum absolute atomic E-state index is 12.1. The first-order valence-electron chi connectivity index (χ1n) is 6.48. The summed E-state index contributed by atoms with van der Waals surface area (Å²) in [5.41, 5.74) is 1.59. The van der Waals surface area contributed by atoms with Gasteiger partial charge in [0.25, 0.3) is 0 Å². The molecule has 1 unspecified atom stereocenters. The molecule has 1 amide bonds. The number of carbonyl (C=O) groups is 1. The summed E-state index contributed by atoms with van der Waals surface area (Å²) in [6.45, 7) is 0. The normalized spacial score (nSPS) is 11.9. The SMILES string of the molecule is CN(C(=O)CS(=O)Cc1ccccc1Cl)c1ccccc1. The van der Waals surface area contributed by atoms with Crippen molar-refractivity contribution in [2.24, 2.45) is 0 Å². The zero-order valence-corrected chi connectivity index (χ0v) is 13.2. The van der Waals surface area contributed by atoms with E-state index < -0.39 is 10.8 Å². The van der Waals surface area contributed by atoms with E-state index in [1.807, 2.05) is 48.5 Å². The second-order valence-corrected chi connectivity index (χ2v) is 6.47. The Morgan fingerprint density at radius 1 is 1.10 bits per heavy atom. The van der Waals surface area contributed by atoms with Gasteiger partial charge in [-0.05, 0) is 23.8 Å². The van der Waals surface area contributed by atoms with Crippen molar-refractivity contribution in [1.82, 2.24) is 0 Å². The molecule has 2 rings (SSSR count). The van der Waals surface area contributed by atoms with Crippen molar-refractivity contribution < 1.29 is 9.00 Å². The van der Waals surface area contributed by atoms with Crippen molar-refractivity contribution in [2.45, 2.75) is 5.75 Å². The Morgan fingerprint density at radius 2 is 1.71 bits per heavy atom. The van der Waals surface area contributed by atoms with E-state index in [-0.39, 0.29) is 17.4 Å². The van der Waals surface area contributed by atoms with Gasteiger partial charge in [-0.15, -0.1) is 0 Å². The summed E-state index contributed by atoms with van der Waals surface area (Å²) in [4.78, 5) is 13.6. The Bertz CT molecular complexity index is 646. The quantitative estimate of drug-likeness (QED) is 0.847. The second kappa shape index (κ2) is 7.38. The first-order valence-corrected chi connectivity index (χ1v) is 8.34. The Balaban J connectivity index is 1.97. The average Bonchev–Trinajstić information content (AvgIpc) is 2.49. The highest BCUT2D eigenvalue weighted by Crippen LogP contribution is 2.17. The van der Waals surface area contributed by atoms with Crippen molar-refractivity contribution in [3.05, 3.63) is 65.2 Å². The molecular formula is C16H16ClNO2S. The smallest absolute Gasteiger partial charge is 0.239 e. The van der Waals surface area contributed by atoms with Gasteiger partial charge in [-0.2, -0.15) is 0 Å². The molecule has 0 fully saturated rings. The first-order chi connectivity index (χ1) is 10.1. The topological polar surface area (TPSA) is 37.4 Å². The standard InChI is InChI=1S/C16H16ClNO2S/c1-18(14-8-3-2-4-9-14)16(19)12-21(20)11-13-7-5-6-10-15(13)17/h2-10H,11-12H2,1H3. The van der Waals surface area contributed by atoms with Crippen molar-refractivity contribution in [3.63, 3.8) is 0 Å². The molecule has 2 aromatic rings. The predicted octanol–water partition coefficient (Wildman–Crippen LogP) is 3.25. The van der Waals surface area contributed by atoms with Crippen LogP contribution in [-0.4, -0.2) is 22.9 Å². The molecule has 21 heavy (non-hydrogen) atoms. The zero-order chi connectivity index (χ0) is 15.2. The summed E-state index contributed by atoms with van der Waals surface area (Å²) in [6.07, 6.45) is 0. The van der Waals surface area contributed by atoms with Crippen molar-refractivity contribution >= 4 is 34.0 Å². The van der Waals surface area contributed by atoms with Gasteiger partial charge >= 0.3 is 0 Å². The van der Waals surface area contributed by atoms with E-state index in [0.29, 0.717) is 5.02 Å². The molecule has 0 spiro atoms. The van der Waals surface area contributed by atoms with Crippen molar-refractivity contribution in [2.75, 3.05) is 17.7 Å². The maximum atomic E-state index is 12.1. The van der Waals surface area contributed by atoms with Crippen LogP contribution < -0.4 is 4.90 Å². The fourth-order valence-electron chi connectivity index (χ4n) is 1.87. The van der Waals surface area contributed by atoms with Crippen molar-refractivity contribution in [1.29, 1.82) is 0 Å². The zero-order valence-electron chi connectivity index (χ0n) is 11.7. The van der Waals surface area contributed by atoms with Crippen molar-refractivity contribution in [3.8, 4) is 0 Å². The van der Waals surface area contributed by atoms with Crippen LogP contribution in [0, 0.1) is 0 Å². The lowest BCUT2D eigenvalue weighted by Gasteiger charge is -2.17. The van der Waals surface area contributed by atoms with Gasteiger partial charge in [0.1, 0.15) is 5.75 Å². The lowest BCUT2D eigenvalue weighted by molar-refractivity contribution is -0.115. The van der Waals surface area contributed by atoms with Crippen LogP contribution in [0.25, 0.3) is 0 Å². The molecule has 0 aliphatic carbocycles. The van der Waals surface area contributed by atoms with Gasteiger partial charge in [-0.3, -0.25) is 9.00 Å². The molecule has 0 aromatic heterocycles. The number of rotatable bonds is 5. The third kappa shape index (κ3) is 4.41. The molecule has 1 atom stereocenters. The molecule has 0 aliphatic rings. The highest BCUT2D eigenvalue weighted by atomic mass is 35.5. The van der Waals surface area contributed by atoms with E-state index in [1.54, 1.807) is 13.1 Å². The van der Waals surface area contributed by atoms with Gasteiger partial charge in [-0.25, -0.2) is 0 Å². The van der Waals surface area contributed by atoms with E-state index in [1.165, 1.54) is 4.90 Å². The average molecular weight is 322 g/mol. The maximum Gasteiger partial charge on any atom is 0.239 e. The third-order valence-electron chi connectivity index (χ3n) is 3.08. The summed E-state index contributed by atoms with van der Waals surface area (Å²) < 4.78 is 12.1.